The number of benzene rings is 1. The highest BCUT2D eigenvalue weighted by atomic mass is 19.1. The highest BCUT2D eigenvalue weighted by Gasteiger charge is 2.21. The van der Waals surface area contributed by atoms with Gasteiger partial charge in [-0.1, -0.05) is 12.8 Å². The number of anilines is 1. The molecule has 1 aromatic carbocycles. The molecule has 1 fully saturated rings. The lowest BCUT2D eigenvalue weighted by Crippen LogP contribution is -2.23. The van der Waals surface area contributed by atoms with Crippen molar-refractivity contribution in [3.8, 4) is 5.75 Å². The predicted octanol–water partition coefficient (Wildman–Crippen LogP) is 3.82. The number of rotatable bonds is 4. The van der Waals surface area contributed by atoms with Crippen molar-refractivity contribution in [2.45, 2.75) is 38.6 Å². The SMILES string of the molecule is COc1cc(NC(C)C2CCCC2)ccc1F. The first-order valence-corrected chi connectivity index (χ1v) is 6.31. The monoisotopic (exact) mass is 237 g/mol. The first-order chi connectivity index (χ1) is 8.20. The van der Waals surface area contributed by atoms with Gasteiger partial charge in [0, 0.05) is 17.8 Å². The molecule has 1 saturated carbocycles. The Labute approximate surface area is 102 Å². The average molecular weight is 237 g/mol. The molecule has 3 heteroatoms. The molecule has 94 valence electrons. The molecular weight excluding hydrogens is 217 g/mol. The van der Waals surface area contributed by atoms with Gasteiger partial charge in [0.15, 0.2) is 11.6 Å². The number of ether oxygens (including phenoxy) is 1. The summed E-state index contributed by atoms with van der Waals surface area (Å²) in [4.78, 5) is 0. The van der Waals surface area contributed by atoms with Crippen molar-refractivity contribution in [3.63, 3.8) is 0 Å². The van der Waals surface area contributed by atoms with Crippen molar-refractivity contribution >= 4 is 5.69 Å². The van der Waals surface area contributed by atoms with Crippen molar-refractivity contribution < 1.29 is 9.13 Å². The summed E-state index contributed by atoms with van der Waals surface area (Å²) in [5.74, 6) is 0.728. The van der Waals surface area contributed by atoms with Gasteiger partial charge < -0.3 is 10.1 Å². The summed E-state index contributed by atoms with van der Waals surface area (Å²) < 4.78 is 18.2. The van der Waals surface area contributed by atoms with Crippen molar-refractivity contribution in [3.05, 3.63) is 24.0 Å². The second-order valence-electron chi connectivity index (χ2n) is 4.83. The molecule has 0 amide bonds. The van der Waals surface area contributed by atoms with Crippen LogP contribution in [0.15, 0.2) is 18.2 Å². The van der Waals surface area contributed by atoms with Gasteiger partial charge >= 0.3 is 0 Å². The van der Waals surface area contributed by atoms with Gasteiger partial charge in [-0.2, -0.15) is 0 Å². The molecule has 1 aliphatic rings. The standard InChI is InChI=1S/C14H20FNO/c1-10(11-5-3-4-6-11)16-12-7-8-13(15)14(9-12)17-2/h7-11,16H,3-6H2,1-2H3. The fourth-order valence-corrected chi connectivity index (χ4v) is 2.59. The molecule has 2 nitrogen and oxygen atoms in total. The lowest BCUT2D eigenvalue weighted by atomic mass is 9.99. The minimum Gasteiger partial charge on any atom is -0.494 e. The molecule has 1 aromatic rings. The van der Waals surface area contributed by atoms with E-state index in [0.29, 0.717) is 11.8 Å². The first-order valence-electron chi connectivity index (χ1n) is 6.31. The molecule has 2 rings (SSSR count). The quantitative estimate of drug-likeness (QED) is 0.859. The molecule has 1 N–H and O–H groups in total. The Morgan fingerprint density at radius 1 is 1.35 bits per heavy atom. The van der Waals surface area contributed by atoms with Crippen LogP contribution in [-0.4, -0.2) is 13.2 Å². The molecular formula is C14H20FNO. The molecule has 0 bridgehead atoms. The highest BCUT2D eigenvalue weighted by Crippen LogP contribution is 2.30. The van der Waals surface area contributed by atoms with E-state index in [9.17, 15) is 4.39 Å². The lowest BCUT2D eigenvalue weighted by molar-refractivity contribution is 0.386. The largest absolute Gasteiger partial charge is 0.494 e. The van der Waals surface area contributed by atoms with Gasteiger partial charge in [0.1, 0.15) is 0 Å². The van der Waals surface area contributed by atoms with E-state index in [0.717, 1.165) is 11.6 Å². The Balaban J connectivity index is 2.02. The first kappa shape index (κ1) is 12.2. The van der Waals surface area contributed by atoms with Crippen molar-refractivity contribution in [2.75, 3.05) is 12.4 Å². The van der Waals surface area contributed by atoms with Crippen LogP contribution in [0.1, 0.15) is 32.6 Å². The van der Waals surface area contributed by atoms with E-state index in [2.05, 4.69) is 12.2 Å². The van der Waals surface area contributed by atoms with E-state index in [1.54, 1.807) is 12.1 Å². The van der Waals surface area contributed by atoms with Crippen LogP contribution in [-0.2, 0) is 0 Å². The van der Waals surface area contributed by atoms with Crippen LogP contribution in [0.3, 0.4) is 0 Å². The number of hydrogen-bond acceptors (Lipinski definition) is 2. The molecule has 0 radical (unpaired) electrons. The summed E-state index contributed by atoms with van der Waals surface area (Å²) in [5, 5.41) is 3.44. The third-order valence-electron chi connectivity index (χ3n) is 3.65. The van der Waals surface area contributed by atoms with Crippen molar-refractivity contribution in [1.29, 1.82) is 0 Å². The minimum absolute atomic E-state index is 0.300. The van der Waals surface area contributed by atoms with E-state index < -0.39 is 0 Å². The summed E-state index contributed by atoms with van der Waals surface area (Å²) in [6.07, 6.45) is 5.27. The summed E-state index contributed by atoms with van der Waals surface area (Å²) in [5.41, 5.74) is 0.933. The van der Waals surface area contributed by atoms with E-state index in [1.165, 1.54) is 38.9 Å². The van der Waals surface area contributed by atoms with Crippen LogP contribution in [0.5, 0.6) is 5.75 Å². The molecule has 0 spiro atoms. The third-order valence-corrected chi connectivity index (χ3v) is 3.65. The van der Waals surface area contributed by atoms with E-state index in [-0.39, 0.29) is 5.82 Å². The van der Waals surface area contributed by atoms with Crippen molar-refractivity contribution in [2.24, 2.45) is 5.92 Å². The Bertz CT molecular complexity index is 374. The lowest BCUT2D eigenvalue weighted by Gasteiger charge is -2.21. The maximum absolute atomic E-state index is 13.3. The molecule has 0 saturated heterocycles. The Morgan fingerprint density at radius 3 is 2.71 bits per heavy atom. The Morgan fingerprint density at radius 2 is 2.06 bits per heavy atom. The third kappa shape index (κ3) is 2.90. The molecule has 0 aliphatic heterocycles. The summed E-state index contributed by atoms with van der Waals surface area (Å²) in [6.45, 7) is 2.20. The summed E-state index contributed by atoms with van der Waals surface area (Å²) in [6, 6.07) is 5.37. The topological polar surface area (TPSA) is 21.3 Å². The van der Waals surface area contributed by atoms with Gasteiger partial charge in [0.05, 0.1) is 7.11 Å². The van der Waals surface area contributed by atoms with Crippen LogP contribution in [0.4, 0.5) is 10.1 Å². The number of methoxy groups -OCH3 is 1. The van der Waals surface area contributed by atoms with E-state index in [1.807, 2.05) is 0 Å². The van der Waals surface area contributed by atoms with Crippen LogP contribution in [0.2, 0.25) is 0 Å². The molecule has 1 aliphatic carbocycles. The molecule has 1 atom stereocenters. The minimum atomic E-state index is -0.313. The maximum Gasteiger partial charge on any atom is 0.165 e. The normalized spacial score (nSPS) is 18.1. The van der Waals surface area contributed by atoms with Crippen LogP contribution in [0, 0.1) is 11.7 Å². The molecule has 0 heterocycles. The molecule has 0 aromatic heterocycles. The van der Waals surface area contributed by atoms with Crippen LogP contribution < -0.4 is 10.1 Å². The zero-order valence-corrected chi connectivity index (χ0v) is 10.5. The van der Waals surface area contributed by atoms with Crippen molar-refractivity contribution in [1.82, 2.24) is 0 Å². The zero-order chi connectivity index (χ0) is 12.3. The Kier molecular flexibility index (Phi) is 3.87. The van der Waals surface area contributed by atoms with Gasteiger partial charge in [0.25, 0.3) is 0 Å². The van der Waals surface area contributed by atoms with Gasteiger partial charge in [-0.15, -0.1) is 0 Å². The van der Waals surface area contributed by atoms with E-state index in [4.69, 9.17) is 4.74 Å². The summed E-state index contributed by atoms with van der Waals surface area (Å²) in [7, 11) is 1.49. The smallest absolute Gasteiger partial charge is 0.165 e. The molecule has 1 unspecified atom stereocenters. The maximum atomic E-state index is 13.3. The van der Waals surface area contributed by atoms with E-state index >= 15 is 0 Å². The van der Waals surface area contributed by atoms with Gasteiger partial charge in [-0.3, -0.25) is 0 Å². The Hall–Kier alpha value is -1.25. The fraction of sp³-hybridized carbons (Fsp3) is 0.571. The van der Waals surface area contributed by atoms with Gasteiger partial charge in [-0.25, -0.2) is 4.39 Å². The number of hydrogen-bond donors (Lipinski definition) is 1. The second-order valence-corrected chi connectivity index (χ2v) is 4.83. The van der Waals surface area contributed by atoms with Crippen LogP contribution in [0.25, 0.3) is 0 Å². The van der Waals surface area contributed by atoms with Gasteiger partial charge in [0.2, 0.25) is 0 Å². The predicted molar refractivity (Wildman–Crippen MR) is 68.0 cm³/mol. The summed E-state index contributed by atoms with van der Waals surface area (Å²) >= 11 is 0. The zero-order valence-electron chi connectivity index (χ0n) is 10.5. The van der Waals surface area contributed by atoms with Crippen LogP contribution >= 0.6 is 0 Å². The second kappa shape index (κ2) is 5.39. The highest BCUT2D eigenvalue weighted by molar-refractivity contribution is 5.49. The fourth-order valence-electron chi connectivity index (χ4n) is 2.59. The number of halogens is 1. The average Bonchev–Trinajstić information content (AvgIpc) is 2.85. The molecule has 17 heavy (non-hydrogen) atoms. The van der Waals surface area contributed by atoms with Gasteiger partial charge in [-0.05, 0) is 37.8 Å². The number of nitrogens with one attached hydrogen (secondary N) is 1.